The van der Waals surface area contributed by atoms with E-state index in [1.165, 1.54) is 26.1 Å². The summed E-state index contributed by atoms with van der Waals surface area (Å²) in [4.78, 5) is 2.78. The van der Waals surface area contributed by atoms with Crippen LogP contribution in [0, 0.1) is 17.8 Å². The zero-order valence-corrected chi connectivity index (χ0v) is 10.7. The van der Waals surface area contributed by atoms with Crippen LogP contribution in [0.25, 0.3) is 0 Å². The summed E-state index contributed by atoms with van der Waals surface area (Å²) in [6.07, 6.45) is 1.30. The Morgan fingerprint density at radius 1 is 1.33 bits per heavy atom. The molecule has 4 atom stereocenters. The fraction of sp³-hybridized carbons (Fsp3) is 1.00. The summed E-state index contributed by atoms with van der Waals surface area (Å²) >= 11 is 0. The fourth-order valence-electron chi connectivity index (χ4n) is 3.73. The second-order valence-corrected chi connectivity index (χ2v) is 5.74. The predicted octanol–water partition coefficient (Wildman–Crippen LogP) is 1.96. The zero-order valence-electron chi connectivity index (χ0n) is 10.7. The second-order valence-electron chi connectivity index (χ2n) is 5.74. The molecular formula is C13H26N2. The van der Waals surface area contributed by atoms with E-state index in [9.17, 15) is 0 Å². The molecule has 4 unspecified atom stereocenters. The minimum absolute atomic E-state index is 0.789. The van der Waals surface area contributed by atoms with Gasteiger partial charge >= 0.3 is 0 Å². The van der Waals surface area contributed by atoms with Crippen molar-refractivity contribution >= 4 is 0 Å². The molecule has 2 fully saturated rings. The van der Waals surface area contributed by atoms with Gasteiger partial charge in [-0.2, -0.15) is 0 Å². The van der Waals surface area contributed by atoms with Crippen LogP contribution in [0.2, 0.25) is 0 Å². The Kier molecular flexibility index (Phi) is 3.36. The molecule has 2 nitrogen and oxygen atoms in total. The summed E-state index contributed by atoms with van der Waals surface area (Å²) in [5, 5.41) is 3.53. The molecule has 0 bridgehead atoms. The van der Waals surface area contributed by atoms with Crippen LogP contribution in [-0.2, 0) is 0 Å². The molecule has 0 saturated carbocycles. The van der Waals surface area contributed by atoms with Crippen LogP contribution in [0.4, 0.5) is 0 Å². The van der Waals surface area contributed by atoms with Crippen molar-refractivity contribution in [2.24, 2.45) is 17.8 Å². The molecule has 0 amide bonds. The monoisotopic (exact) mass is 210 g/mol. The van der Waals surface area contributed by atoms with Crippen molar-refractivity contribution in [1.82, 2.24) is 10.2 Å². The molecule has 1 N–H and O–H groups in total. The molecule has 88 valence electrons. The molecule has 2 rings (SSSR count). The fourth-order valence-corrected chi connectivity index (χ4v) is 3.73. The maximum absolute atomic E-state index is 3.53. The first kappa shape index (κ1) is 11.4. The average Bonchev–Trinajstić information content (AvgIpc) is 2.72. The SMILES string of the molecule is CCC(C(C)C)N1CC2CNCC2C1C. The predicted molar refractivity (Wildman–Crippen MR) is 64.9 cm³/mol. The Labute approximate surface area is 94.4 Å². The van der Waals surface area contributed by atoms with Gasteiger partial charge in [0.2, 0.25) is 0 Å². The first-order chi connectivity index (χ1) is 7.15. The van der Waals surface area contributed by atoms with E-state index >= 15 is 0 Å². The zero-order chi connectivity index (χ0) is 11.0. The third kappa shape index (κ3) is 1.94. The van der Waals surface area contributed by atoms with Gasteiger partial charge in [0.15, 0.2) is 0 Å². The molecule has 0 aliphatic carbocycles. The first-order valence-corrected chi connectivity index (χ1v) is 6.61. The van der Waals surface area contributed by atoms with E-state index < -0.39 is 0 Å². The van der Waals surface area contributed by atoms with Gasteiger partial charge in [-0.3, -0.25) is 4.90 Å². The summed E-state index contributed by atoms with van der Waals surface area (Å²) in [6.45, 7) is 13.3. The van der Waals surface area contributed by atoms with Crippen LogP contribution in [-0.4, -0.2) is 36.6 Å². The summed E-state index contributed by atoms with van der Waals surface area (Å²) in [5.41, 5.74) is 0. The van der Waals surface area contributed by atoms with Crippen molar-refractivity contribution in [3.8, 4) is 0 Å². The highest BCUT2D eigenvalue weighted by atomic mass is 15.2. The summed E-state index contributed by atoms with van der Waals surface area (Å²) < 4.78 is 0. The Hall–Kier alpha value is -0.0800. The van der Waals surface area contributed by atoms with E-state index in [0.717, 1.165) is 29.8 Å². The highest BCUT2D eigenvalue weighted by Gasteiger charge is 2.44. The lowest BCUT2D eigenvalue weighted by molar-refractivity contribution is 0.129. The van der Waals surface area contributed by atoms with E-state index in [4.69, 9.17) is 0 Å². The quantitative estimate of drug-likeness (QED) is 0.766. The molecule has 0 aromatic carbocycles. The second kappa shape index (κ2) is 4.42. The molecule has 2 aliphatic rings. The van der Waals surface area contributed by atoms with Crippen LogP contribution in [0.15, 0.2) is 0 Å². The van der Waals surface area contributed by atoms with Gasteiger partial charge in [-0.1, -0.05) is 20.8 Å². The number of likely N-dealkylation sites (tertiary alicyclic amines) is 1. The normalized spacial score (nSPS) is 38.6. The molecule has 15 heavy (non-hydrogen) atoms. The highest BCUT2D eigenvalue weighted by Crippen LogP contribution is 2.35. The standard InChI is InChI=1S/C13H26N2/c1-5-13(9(2)3)15-8-11-6-14-7-12(11)10(15)4/h9-14H,5-8H2,1-4H3. The Morgan fingerprint density at radius 3 is 2.60 bits per heavy atom. The maximum Gasteiger partial charge on any atom is 0.0119 e. The Balaban J connectivity index is 2.05. The van der Waals surface area contributed by atoms with Crippen LogP contribution in [0.5, 0.6) is 0 Å². The highest BCUT2D eigenvalue weighted by molar-refractivity contribution is 4.98. The van der Waals surface area contributed by atoms with Crippen LogP contribution >= 0.6 is 0 Å². The molecule has 0 aromatic rings. The van der Waals surface area contributed by atoms with Crippen molar-refractivity contribution in [1.29, 1.82) is 0 Å². The van der Waals surface area contributed by atoms with Gasteiger partial charge in [0, 0.05) is 18.6 Å². The lowest BCUT2D eigenvalue weighted by Crippen LogP contribution is -2.43. The van der Waals surface area contributed by atoms with Gasteiger partial charge in [-0.15, -0.1) is 0 Å². The summed E-state index contributed by atoms with van der Waals surface area (Å²) in [6, 6.07) is 1.59. The molecule has 2 heterocycles. The molecule has 0 spiro atoms. The third-order valence-electron chi connectivity index (χ3n) is 4.59. The lowest BCUT2D eigenvalue weighted by atomic mass is 9.94. The van der Waals surface area contributed by atoms with Gasteiger partial charge in [-0.05, 0) is 44.2 Å². The van der Waals surface area contributed by atoms with Crippen LogP contribution < -0.4 is 5.32 Å². The van der Waals surface area contributed by atoms with Crippen molar-refractivity contribution in [3.63, 3.8) is 0 Å². The molecule has 2 saturated heterocycles. The number of hydrogen-bond acceptors (Lipinski definition) is 2. The van der Waals surface area contributed by atoms with Gasteiger partial charge in [0.1, 0.15) is 0 Å². The van der Waals surface area contributed by atoms with Crippen molar-refractivity contribution < 1.29 is 0 Å². The first-order valence-electron chi connectivity index (χ1n) is 6.61. The van der Waals surface area contributed by atoms with Crippen molar-refractivity contribution in [2.75, 3.05) is 19.6 Å². The van der Waals surface area contributed by atoms with Gasteiger partial charge in [-0.25, -0.2) is 0 Å². The molecule has 0 radical (unpaired) electrons. The smallest absolute Gasteiger partial charge is 0.0119 e. The Morgan fingerprint density at radius 2 is 2.07 bits per heavy atom. The molecule has 2 heteroatoms. The third-order valence-corrected chi connectivity index (χ3v) is 4.59. The van der Waals surface area contributed by atoms with Gasteiger partial charge in [0.25, 0.3) is 0 Å². The summed E-state index contributed by atoms with van der Waals surface area (Å²) in [5.74, 6) is 2.63. The van der Waals surface area contributed by atoms with Crippen molar-refractivity contribution in [2.45, 2.75) is 46.2 Å². The van der Waals surface area contributed by atoms with Gasteiger partial charge < -0.3 is 5.32 Å². The number of fused-ring (bicyclic) bond motifs is 1. The van der Waals surface area contributed by atoms with E-state index in [-0.39, 0.29) is 0 Å². The van der Waals surface area contributed by atoms with Crippen molar-refractivity contribution in [3.05, 3.63) is 0 Å². The van der Waals surface area contributed by atoms with E-state index in [0.29, 0.717) is 0 Å². The van der Waals surface area contributed by atoms with Crippen LogP contribution in [0.3, 0.4) is 0 Å². The van der Waals surface area contributed by atoms with E-state index in [1.807, 2.05) is 0 Å². The molecule has 0 aromatic heterocycles. The van der Waals surface area contributed by atoms with E-state index in [2.05, 4.69) is 37.9 Å². The summed E-state index contributed by atoms with van der Waals surface area (Å²) in [7, 11) is 0. The number of nitrogens with one attached hydrogen (secondary N) is 1. The molecule has 2 aliphatic heterocycles. The minimum Gasteiger partial charge on any atom is -0.316 e. The number of hydrogen-bond donors (Lipinski definition) is 1. The van der Waals surface area contributed by atoms with Crippen LogP contribution in [0.1, 0.15) is 34.1 Å². The number of rotatable bonds is 3. The van der Waals surface area contributed by atoms with E-state index in [1.54, 1.807) is 0 Å². The molecular weight excluding hydrogens is 184 g/mol. The van der Waals surface area contributed by atoms with Gasteiger partial charge in [0.05, 0.1) is 0 Å². The maximum atomic E-state index is 3.53. The largest absolute Gasteiger partial charge is 0.316 e. The average molecular weight is 210 g/mol. The Bertz CT molecular complexity index is 215. The number of nitrogens with zero attached hydrogens (tertiary/aromatic N) is 1. The topological polar surface area (TPSA) is 15.3 Å². The minimum atomic E-state index is 0.789. The lowest BCUT2D eigenvalue weighted by Gasteiger charge is -2.35.